The van der Waals surface area contributed by atoms with E-state index in [1.54, 1.807) is 0 Å². The molecule has 96 valence electrons. The van der Waals surface area contributed by atoms with Crippen LogP contribution in [-0.2, 0) is 4.79 Å². The van der Waals surface area contributed by atoms with Gasteiger partial charge < -0.3 is 10.6 Å². The molecule has 0 radical (unpaired) electrons. The van der Waals surface area contributed by atoms with Gasteiger partial charge in [-0.15, -0.1) is 12.4 Å². The van der Waals surface area contributed by atoms with Crippen molar-refractivity contribution in [2.45, 2.75) is 38.6 Å². The number of unbranched alkanes of at least 4 members (excludes halogenated alkanes) is 2. The zero-order valence-electron chi connectivity index (χ0n) is 9.96. The Balaban J connectivity index is 0.00000225. The van der Waals surface area contributed by atoms with Gasteiger partial charge in [-0.2, -0.15) is 11.8 Å². The molecule has 1 atom stereocenters. The first-order valence-electron chi connectivity index (χ1n) is 5.90. The number of nitrogens with one attached hydrogen (secondary N) is 2. The Bertz CT molecular complexity index is 187. The molecule has 0 aromatic heterocycles. The summed E-state index contributed by atoms with van der Waals surface area (Å²) < 4.78 is 0. The Morgan fingerprint density at radius 1 is 1.50 bits per heavy atom. The third kappa shape index (κ3) is 7.36. The van der Waals surface area contributed by atoms with Crippen LogP contribution in [0.1, 0.15) is 32.6 Å². The molecule has 0 bridgehead atoms. The zero-order chi connectivity index (χ0) is 10.9. The van der Waals surface area contributed by atoms with Crippen LogP contribution in [0.4, 0.5) is 0 Å². The quantitative estimate of drug-likeness (QED) is 0.721. The smallest absolute Gasteiger partial charge is 0.221 e. The first-order valence-corrected chi connectivity index (χ1v) is 7.06. The predicted molar refractivity (Wildman–Crippen MR) is 73.5 cm³/mol. The highest BCUT2D eigenvalue weighted by atomic mass is 35.5. The fraction of sp³-hybridized carbons (Fsp3) is 0.909. The molecule has 1 fully saturated rings. The summed E-state index contributed by atoms with van der Waals surface area (Å²) in [7, 11) is 0. The topological polar surface area (TPSA) is 41.1 Å². The summed E-state index contributed by atoms with van der Waals surface area (Å²) in [6.07, 6.45) is 4.16. The number of halogens is 1. The van der Waals surface area contributed by atoms with Crippen molar-refractivity contribution in [1.82, 2.24) is 10.6 Å². The van der Waals surface area contributed by atoms with Crippen molar-refractivity contribution in [3.63, 3.8) is 0 Å². The lowest BCUT2D eigenvalue weighted by molar-refractivity contribution is -0.121. The maximum Gasteiger partial charge on any atom is 0.221 e. The minimum Gasteiger partial charge on any atom is -0.356 e. The van der Waals surface area contributed by atoms with Gasteiger partial charge in [0.15, 0.2) is 0 Å². The van der Waals surface area contributed by atoms with Gasteiger partial charge in [0, 0.05) is 37.1 Å². The lowest BCUT2D eigenvalue weighted by atomic mass is 10.2. The molecule has 3 nitrogen and oxygen atoms in total. The first-order chi connectivity index (χ1) is 7.33. The number of hydrogen-bond acceptors (Lipinski definition) is 3. The zero-order valence-corrected chi connectivity index (χ0v) is 11.6. The van der Waals surface area contributed by atoms with Crippen LogP contribution in [0.3, 0.4) is 0 Å². The molecule has 0 spiro atoms. The average molecular weight is 267 g/mol. The Morgan fingerprint density at radius 2 is 2.31 bits per heavy atom. The van der Waals surface area contributed by atoms with Gasteiger partial charge in [0.25, 0.3) is 0 Å². The molecule has 1 heterocycles. The molecule has 1 unspecified atom stereocenters. The largest absolute Gasteiger partial charge is 0.356 e. The lowest BCUT2D eigenvalue weighted by Crippen LogP contribution is -2.41. The number of rotatable bonds is 6. The highest BCUT2D eigenvalue weighted by Crippen LogP contribution is 2.09. The van der Waals surface area contributed by atoms with Gasteiger partial charge >= 0.3 is 0 Å². The van der Waals surface area contributed by atoms with Crippen molar-refractivity contribution in [2.75, 3.05) is 24.6 Å². The van der Waals surface area contributed by atoms with E-state index in [0.29, 0.717) is 12.5 Å². The summed E-state index contributed by atoms with van der Waals surface area (Å²) >= 11 is 1.93. The molecule has 0 aliphatic carbocycles. The van der Waals surface area contributed by atoms with Crippen molar-refractivity contribution in [3.05, 3.63) is 0 Å². The second-order valence-corrected chi connectivity index (χ2v) is 5.14. The van der Waals surface area contributed by atoms with Crippen LogP contribution in [0.15, 0.2) is 0 Å². The van der Waals surface area contributed by atoms with Gasteiger partial charge in [0.1, 0.15) is 0 Å². The van der Waals surface area contributed by atoms with E-state index < -0.39 is 0 Å². The van der Waals surface area contributed by atoms with Crippen molar-refractivity contribution < 1.29 is 4.79 Å². The van der Waals surface area contributed by atoms with E-state index in [1.165, 1.54) is 18.6 Å². The number of thioether (sulfide) groups is 1. The molecule has 1 aliphatic heterocycles. The first kappa shape index (κ1) is 16.1. The van der Waals surface area contributed by atoms with Crippen molar-refractivity contribution >= 4 is 30.1 Å². The van der Waals surface area contributed by atoms with E-state index in [1.807, 2.05) is 11.8 Å². The van der Waals surface area contributed by atoms with E-state index in [4.69, 9.17) is 0 Å². The van der Waals surface area contributed by atoms with E-state index in [0.717, 1.165) is 25.3 Å². The highest BCUT2D eigenvalue weighted by molar-refractivity contribution is 7.99. The number of amides is 1. The minimum atomic E-state index is 0. The monoisotopic (exact) mass is 266 g/mol. The third-order valence-corrected chi connectivity index (χ3v) is 3.66. The molecule has 1 rings (SSSR count). The Hall–Kier alpha value is 0.0700. The molecule has 0 aromatic carbocycles. The predicted octanol–water partition coefficient (Wildman–Crippen LogP) is 1.81. The molecule has 2 N–H and O–H groups in total. The fourth-order valence-corrected chi connectivity index (χ4v) is 2.60. The van der Waals surface area contributed by atoms with E-state index >= 15 is 0 Å². The summed E-state index contributed by atoms with van der Waals surface area (Å²) in [6, 6.07) is 0.384. The lowest BCUT2D eigenvalue weighted by Gasteiger charge is -2.22. The molecule has 1 saturated heterocycles. The molecule has 1 aliphatic rings. The van der Waals surface area contributed by atoms with Gasteiger partial charge in [-0.25, -0.2) is 0 Å². The Labute approximate surface area is 109 Å². The van der Waals surface area contributed by atoms with Gasteiger partial charge in [-0.3, -0.25) is 4.79 Å². The van der Waals surface area contributed by atoms with Crippen LogP contribution in [0.5, 0.6) is 0 Å². The van der Waals surface area contributed by atoms with Crippen LogP contribution in [0, 0.1) is 0 Å². The molecular weight excluding hydrogens is 244 g/mol. The molecular formula is C11H23ClN2OS. The normalized spacial score (nSPS) is 19.9. The van der Waals surface area contributed by atoms with Crippen molar-refractivity contribution in [2.24, 2.45) is 0 Å². The SMILES string of the molecule is CCCCCNC(=O)CC1CSCCN1.Cl. The van der Waals surface area contributed by atoms with E-state index in [9.17, 15) is 4.79 Å². The van der Waals surface area contributed by atoms with E-state index in [2.05, 4.69) is 17.6 Å². The van der Waals surface area contributed by atoms with Gasteiger partial charge in [0.2, 0.25) is 5.91 Å². The van der Waals surface area contributed by atoms with Crippen LogP contribution >= 0.6 is 24.2 Å². The van der Waals surface area contributed by atoms with Crippen LogP contribution in [-0.4, -0.2) is 36.5 Å². The summed E-state index contributed by atoms with van der Waals surface area (Å²) in [5.74, 6) is 2.45. The van der Waals surface area contributed by atoms with Crippen LogP contribution in [0.2, 0.25) is 0 Å². The minimum absolute atomic E-state index is 0. The summed E-state index contributed by atoms with van der Waals surface area (Å²) in [4.78, 5) is 11.5. The number of carbonyl (C=O) groups excluding carboxylic acids is 1. The maximum atomic E-state index is 11.5. The number of carbonyl (C=O) groups is 1. The molecule has 0 saturated carbocycles. The molecule has 0 aromatic rings. The molecule has 16 heavy (non-hydrogen) atoms. The third-order valence-electron chi connectivity index (χ3n) is 2.53. The van der Waals surface area contributed by atoms with Gasteiger partial charge in [-0.05, 0) is 6.42 Å². The van der Waals surface area contributed by atoms with Gasteiger partial charge in [-0.1, -0.05) is 19.8 Å². The average Bonchev–Trinajstić information content (AvgIpc) is 2.26. The summed E-state index contributed by atoms with van der Waals surface area (Å²) in [6.45, 7) is 4.05. The van der Waals surface area contributed by atoms with Crippen LogP contribution in [0.25, 0.3) is 0 Å². The van der Waals surface area contributed by atoms with Crippen LogP contribution < -0.4 is 10.6 Å². The second kappa shape index (κ2) is 10.2. The van der Waals surface area contributed by atoms with Crippen molar-refractivity contribution in [3.8, 4) is 0 Å². The van der Waals surface area contributed by atoms with Crippen molar-refractivity contribution in [1.29, 1.82) is 0 Å². The molecule has 1 amide bonds. The van der Waals surface area contributed by atoms with Gasteiger partial charge in [0.05, 0.1) is 0 Å². The second-order valence-electron chi connectivity index (χ2n) is 3.99. The number of hydrogen-bond donors (Lipinski definition) is 2. The Kier molecular flexibility index (Phi) is 10.3. The molecule has 5 heteroatoms. The maximum absolute atomic E-state index is 11.5. The highest BCUT2D eigenvalue weighted by Gasteiger charge is 2.15. The summed E-state index contributed by atoms with van der Waals surface area (Å²) in [5.41, 5.74) is 0. The summed E-state index contributed by atoms with van der Waals surface area (Å²) in [5, 5.41) is 6.35. The Morgan fingerprint density at radius 3 is 2.94 bits per heavy atom. The fourth-order valence-electron chi connectivity index (χ4n) is 1.65. The standard InChI is InChI=1S/C11H22N2OS.ClH/c1-2-3-4-5-13-11(14)8-10-9-15-7-6-12-10;/h10,12H,2-9H2,1H3,(H,13,14);1H. The van der Waals surface area contributed by atoms with E-state index in [-0.39, 0.29) is 18.3 Å².